The van der Waals surface area contributed by atoms with Crippen LogP contribution in [0.1, 0.15) is 36.0 Å². The van der Waals surface area contributed by atoms with Gasteiger partial charge in [-0.05, 0) is 31.4 Å². The number of hydrogen-bond donors (Lipinski definition) is 0. The van der Waals surface area contributed by atoms with Gasteiger partial charge in [0.15, 0.2) is 5.78 Å². The Morgan fingerprint density at radius 3 is 2.20 bits per heavy atom. The number of hydrogen-bond acceptors (Lipinski definition) is 1. The summed E-state index contributed by atoms with van der Waals surface area (Å²) in [6.45, 7) is 0. The molecule has 0 aromatic heterocycles. The molecule has 6 heteroatoms. The Hall–Kier alpha value is -1.46. The van der Waals surface area contributed by atoms with Crippen LogP contribution in [0.2, 0.25) is 0 Å². The molecule has 1 aromatic carbocycles. The monoisotopic (exact) mass is 292 g/mol. The maximum atomic E-state index is 13.0. The number of rotatable bonds is 2. The molecule has 0 N–H and O–H groups in total. The molecule has 0 bridgehead atoms. The molecule has 0 aliphatic heterocycles. The third-order valence-electron chi connectivity index (χ3n) is 3.65. The minimum absolute atomic E-state index is 0.00475. The smallest absolute Gasteiger partial charge is 0.294 e. The van der Waals surface area contributed by atoms with Gasteiger partial charge >= 0.3 is 6.18 Å². The SMILES string of the molecule is O=C(c1cc(F)cc(F)c1)C1CCCC(C(F)(F)F)C1. The molecule has 0 saturated heterocycles. The topological polar surface area (TPSA) is 17.1 Å². The van der Waals surface area contributed by atoms with Crippen molar-refractivity contribution in [2.24, 2.45) is 11.8 Å². The fourth-order valence-corrected chi connectivity index (χ4v) is 2.66. The summed E-state index contributed by atoms with van der Waals surface area (Å²) in [6, 6.07) is 2.35. The van der Waals surface area contributed by atoms with Crippen LogP contribution >= 0.6 is 0 Å². The molecule has 0 heterocycles. The highest BCUT2D eigenvalue weighted by molar-refractivity contribution is 5.97. The molecule has 0 spiro atoms. The summed E-state index contributed by atoms with van der Waals surface area (Å²) in [6.07, 6.45) is -4.01. The molecule has 1 aliphatic rings. The molecule has 1 aromatic rings. The van der Waals surface area contributed by atoms with E-state index in [1.165, 1.54) is 0 Å². The van der Waals surface area contributed by atoms with Crippen molar-refractivity contribution >= 4 is 5.78 Å². The van der Waals surface area contributed by atoms with Crippen LogP contribution in [0.15, 0.2) is 18.2 Å². The van der Waals surface area contributed by atoms with Crippen LogP contribution in [0.3, 0.4) is 0 Å². The molecule has 1 nitrogen and oxygen atoms in total. The summed E-state index contributed by atoms with van der Waals surface area (Å²) in [4.78, 5) is 12.1. The van der Waals surface area contributed by atoms with Crippen LogP contribution in [-0.4, -0.2) is 12.0 Å². The van der Waals surface area contributed by atoms with Gasteiger partial charge in [-0.25, -0.2) is 8.78 Å². The van der Waals surface area contributed by atoms with Gasteiger partial charge in [-0.3, -0.25) is 4.79 Å². The van der Waals surface area contributed by atoms with E-state index in [-0.39, 0.29) is 18.4 Å². The molecule has 0 amide bonds. The molecule has 110 valence electrons. The average molecular weight is 292 g/mol. The number of alkyl halides is 3. The first-order valence-electron chi connectivity index (χ1n) is 6.34. The number of carbonyl (C=O) groups is 1. The van der Waals surface area contributed by atoms with Gasteiger partial charge in [0.25, 0.3) is 0 Å². The van der Waals surface area contributed by atoms with E-state index in [0.29, 0.717) is 18.9 Å². The molecule has 20 heavy (non-hydrogen) atoms. The van der Waals surface area contributed by atoms with E-state index < -0.39 is 35.4 Å². The van der Waals surface area contributed by atoms with Gasteiger partial charge in [0.2, 0.25) is 0 Å². The van der Waals surface area contributed by atoms with Crippen LogP contribution in [-0.2, 0) is 0 Å². The van der Waals surface area contributed by atoms with E-state index in [9.17, 15) is 26.7 Å². The van der Waals surface area contributed by atoms with Gasteiger partial charge < -0.3 is 0 Å². The third-order valence-corrected chi connectivity index (χ3v) is 3.65. The Balaban J connectivity index is 2.16. The van der Waals surface area contributed by atoms with Gasteiger partial charge in [0, 0.05) is 17.5 Å². The average Bonchev–Trinajstić information content (AvgIpc) is 2.36. The Kier molecular flexibility index (Phi) is 4.11. The number of carbonyl (C=O) groups excluding carboxylic acids is 1. The maximum absolute atomic E-state index is 13.0. The van der Waals surface area contributed by atoms with E-state index in [1.807, 2.05) is 0 Å². The summed E-state index contributed by atoms with van der Waals surface area (Å²) in [5, 5.41) is 0. The molecule has 0 radical (unpaired) electrons. The van der Waals surface area contributed by atoms with Gasteiger partial charge in [-0.1, -0.05) is 6.42 Å². The van der Waals surface area contributed by atoms with E-state index >= 15 is 0 Å². The van der Waals surface area contributed by atoms with Crippen molar-refractivity contribution in [1.82, 2.24) is 0 Å². The number of benzene rings is 1. The lowest BCUT2D eigenvalue weighted by Gasteiger charge is -2.29. The maximum Gasteiger partial charge on any atom is 0.391 e. The second-order valence-corrected chi connectivity index (χ2v) is 5.12. The van der Waals surface area contributed by atoms with Crippen molar-refractivity contribution in [1.29, 1.82) is 0 Å². The molecule has 1 aliphatic carbocycles. The van der Waals surface area contributed by atoms with Crippen LogP contribution in [0.5, 0.6) is 0 Å². The van der Waals surface area contributed by atoms with E-state index in [0.717, 1.165) is 12.1 Å². The number of Topliss-reactive ketones (excluding diaryl/α,β-unsaturated/α-hetero) is 1. The first-order chi connectivity index (χ1) is 9.27. The Morgan fingerprint density at radius 2 is 1.65 bits per heavy atom. The Labute approximate surface area is 112 Å². The van der Waals surface area contributed by atoms with Gasteiger partial charge in [-0.2, -0.15) is 13.2 Å². The Bertz CT molecular complexity index is 489. The highest BCUT2D eigenvalue weighted by atomic mass is 19.4. The molecule has 2 rings (SSSR count). The summed E-state index contributed by atoms with van der Waals surface area (Å²) < 4.78 is 64.1. The van der Waals surface area contributed by atoms with E-state index in [1.54, 1.807) is 0 Å². The molecular weight excluding hydrogens is 279 g/mol. The largest absolute Gasteiger partial charge is 0.391 e. The van der Waals surface area contributed by atoms with Crippen LogP contribution < -0.4 is 0 Å². The second kappa shape index (κ2) is 5.50. The predicted octanol–water partition coefficient (Wildman–Crippen LogP) is 4.52. The van der Waals surface area contributed by atoms with Crippen molar-refractivity contribution in [3.63, 3.8) is 0 Å². The summed E-state index contributed by atoms with van der Waals surface area (Å²) in [5.41, 5.74) is -0.199. The molecule has 1 fully saturated rings. The highest BCUT2D eigenvalue weighted by Gasteiger charge is 2.43. The number of halogens is 5. The van der Waals surface area contributed by atoms with Gasteiger partial charge in [0.05, 0.1) is 5.92 Å². The third kappa shape index (κ3) is 3.35. The van der Waals surface area contributed by atoms with Gasteiger partial charge in [0.1, 0.15) is 11.6 Å². The quantitative estimate of drug-likeness (QED) is 0.578. The fourth-order valence-electron chi connectivity index (χ4n) is 2.66. The van der Waals surface area contributed by atoms with Crippen molar-refractivity contribution in [3.8, 4) is 0 Å². The first kappa shape index (κ1) is 14.9. The standard InChI is InChI=1S/C14H13F5O/c15-11-5-9(6-12(16)7-11)13(20)8-2-1-3-10(4-8)14(17,18)19/h5-8,10H,1-4H2. The number of ketones is 1. The lowest BCUT2D eigenvalue weighted by Crippen LogP contribution is -2.31. The van der Waals surface area contributed by atoms with Crippen molar-refractivity contribution in [2.75, 3.05) is 0 Å². The van der Waals surface area contributed by atoms with Crippen molar-refractivity contribution in [3.05, 3.63) is 35.4 Å². The van der Waals surface area contributed by atoms with E-state index in [2.05, 4.69) is 0 Å². The van der Waals surface area contributed by atoms with Crippen molar-refractivity contribution in [2.45, 2.75) is 31.9 Å². The van der Waals surface area contributed by atoms with Crippen LogP contribution in [0, 0.1) is 23.5 Å². The van der Waals surface area contributed by atoms with E-state index in [4.69, 9.17) is 0 Å². The summed E-state index contributed by atoms with van der Waals surface area (Å²) >= 11 is 0. The first-order valence-corrected chi connectivity index (χ1v) is 6.34. The zero-order valence-corrected chi connectivity index (χ0v) is 10.5. The minimum Gasteiger partial charge on any atom is -0.294 e. The van der Waals surface area contributed by atoms with Gasteiger partial charge in [-0.15, -0.1) is 0 Å². The van der Waals surface area contributed by atoms with Crippen molar-refractivity contribution < 1.29 is 26.7 Å². The molecule has 1 saturated carbocycles. The second-order valence-electron chi connectivity index (χ2n) is 5.12. The zero-order valence-electron chi connectivity index (χ0n) is 10.5. The summed E-state index contributed by atoms with van der Waals surface area (Å²) in [5.74, 6) is -4.76. The minimum atomic E-state index is -4.33. The normalized spacial score (nSPS) is 23.6. The zero-order chi connectivity index (χ0) is 14.9. The lowest BCUT2D eigenvalue weighted by atomic mass is 9.77. The fraction of sp³-hybridized carbons (Fsp3) is 0.500. The Morgan fingerprint density at radius 1 is 1.05 bits per heavy atom. The highest BCUT2D eigenvalue weighted by Crippen LogP contribution is 2.40. The molecule has 2 unspecified atom stereocenters. The van der Waals surface area contributed by atoms with Crippen LogP contribution in [0.4, 0.5) is 22.0 Å². The summed E-state index contributed by atoms with van der Waals surface area (Å²) in [7, 11) is 0. The molecule has 2 atom stereocenters. The lowest BCUT2D eigenvalue weighted by molar-refractivity contribution is -0.184. The molecular formula is C14H13F5O. The van der Waals surface area contributed by atoms with Crippen LogP contribution in [0.25, 0.3) is 0 Å². The predicted molar refractivity (Wildman–Crippen MR) is 62.2 cm³/mol.